The summed E-state index contributed by atoms with van der Waals surface area (Å²) in [7, 11) is 0. The molecule has 2 N–H and O–H groups in total. The van der Waals surface area contributed by atoms with Crippen molar-refractivity contribution in [3.8, 4) is 0 Å². The van der Waals surface area contributed by atoms with E-state index < -0.39 is 0 Å². The first kappa shape index (κ1) is 16.0. The van der Waals surface area contributed by atoms with Gasteiger partial charge in [-0.1, -0.05) is 0 Å². The highest BCUT2D eigenvalue weighted by molar-refractivity contribution is 5.74. The molecule has 0 aromatic carbocycles. The van der Waals surface area contributed by atoms with Crippen molar-refractivity contribution in [3.63, 3.8) is 0 Å². The number of hydrogen-bond acceptors (Lipinski definition) is 5. The average molecular weight is 319 g/mol. The molecule has 3 rings (SSSR count). The van der Waals surface area contributed by atoms with E-state index in [1.54, 1.807) is 18.6 Å². The number of amides is 2. The van der Waals surface area contributed by atoms with Crippen molar-refractivity contribution in [2.45, 2.75) is 31.7 Å². The zero-order chi connectivity index (χ0) is 15.9. The maximum Gasteiger partial charge on any atom is 0.315 e. The van der Waals surface area contributed by atoms with E-state index in [9.17, 15) is 4.79 Å². The number of carbonyl (C=O) groups is 1. The molecular weight excluding hydrogens is 294 g/mol. The summed E-state index contributed by atoms with van der Waals surface area (Å²) in [5.41, 5.74) is 0. The lowest BCUT2D eigenvalue weighted by atomic mass is 9.97. The number of hydrogen-bond donors (Lipinski definition) is 2. The van der Waals surface area contributed by atoms with Gasteiger partial charge in [0.2, 0.25) is 0 Å². The van der Waals surface area contributed by atoms with Crippen molar-refractivity contribution in [2.24, 2.45) is 5.92 Å². The monoisotopic (exact) mass is 319 g/mol. The molecule has 0 unspecified atom stereocenters. The fourth-order valence-corrected chi connectivity index (χ4v) is 3.14. The quantitative estimate of drug-likeness (QED) is 0.871. The number of nitrogens with one attached hydrogen (secondary N) is 2. The molecule has 23 heavy (non-hydrogen) atoms. The maximum absolute atomic E-state index is 11.9. The third kappa shape index (κ3) is 4.79. The highest BCUT2D eigenvalue weighted by Crippen LogP contribution is 2.20. The Morgan fingerprint density at radius 2 is 2.00 bits per heavy atom. The second-order valence-corrected chi connectivity index (χ2v) is 6.24. The fourth-order valence-electron chi connectivity index (χ4n) is 3.14. The number of carbonyl (C=O) groups excluding carboxylic acids is 1. The number of urea groups is 1. The van der Waals surface area contributed by atoms with Gasteiger partial charge in [0.05, 0.1) is 6.20 Å². The van der Waals surface area contributed by atoms with E-state index in [-0.39, 0.29) is 12.1 Å². The van der Waals surface area contributed by atoms with Crippen LogP contribution in [-0.4, -0.2) is 54.9 Å². The third-order valence-electron chi connectivity index (χ3n) is 4.60. The molecule has 0 atom stereocenters. The molecule has 7 nitrogen and oxygen atoms in total. The van der Waals surface area contributed by atoms with Gasteiger partial charge in [-0.15, -0.1) is 0 Å². The molecule has 3 heterocycles. The SMILES string of the molecule is O=C(NCC1CCN(c2cnccn2)CC1)NC1CCOCC1. The van der Waals surface area contributed by atoms with E-state index in [2.05, 4.69) is 25.5 Å². The molecule has 0 saturated carbocycles. The Morgan fingerprint density at radius 1 is 1.22 bits per heavy atom. The number of rotatable bonds is 4. The van der Waals surface area contributed by atoms with Crippen LogP contribution in [0, 0.1) is 5.92 Å². The van der Waals surface area contributed by atoms with Crippen molar-refractivity contribution in [1.29, 1.82) is 0 Å². The first-order valence-electron chi connectivity index (χ1n) is 8.44. The topological polar surface area (TPSA) is 79.4 Å². The van der Waals surface area contributed by atoms with Crippen molar-refractivity contribution < 1.29 is 9.53 Å². The molecular formula is C16H25N5O2. The Bertz CT molecular complexity index is 485. The predicted octanol–water partition coefficient (Wildman–Crippen LogP) is 1.17. The molecule has 0 aliphatic carbocycles. The van der Waals surface area contributed by atoms with Crippen LogP contribution in [0.5, 0.6) is 0 Å². The summed E-state index contributed by atoms with van der Waals surface area (Å²) >= 11 is 0. The van der Waals surface area contributed by atoms with Crippen LogP contribution in [0.2, 0.25) is 0 Å². The van der Waals surface area contributed by atoms with E-state index in [0.29, 0.717) is 5.92 Å². The molecule has 2 aliphatic rings. The van der Waals surface area contributed by atoms with Crippen LogP contribution in [0.15, 0.2) is 18.6 Å². The lowest BCUT2D eigenvalue weighted by Gasteiger charge is -2.32. The first-order chi connectivity index (χ1) is 11.3. The van der Waals surface area contributed by atoms with Gasteiger partial charge in [0.25, 0.3) is 0 Å². The average Bonchev–Trinajstić information content (AvgIpc) is 2.62. The second-order valence-electron chi connectivity index (χ2n) is 6.24. The largest absolute Gasteiger partial charge is 0.381 e. The predicted molar refractivity (Wildman–Crippen MR) is 87.3 cm³/mol. The van der Waals surface area contributed by atoms with Crippen LogP contribution in [0.4, 0.5) is 10.6 Å². The van der Waals surface area contributed by atoms with Gasteiger partial charge in [0.15, 0.2) is 0 Å². The highest BCUT2D eigenvalue weighted by atomic mass is 16.5. The third-order valence-corrected chi connectivity index (χ3v) is 4.60. The van der Waals surface area contributed by atoms with E-state index in [1.165, 1.54) is 0 Å². The van der Waals surface area contributed by atoms with Crippen molar-refractivity contribution in [2.75, 3.05) is 37.7 Å². The zero-order valence-electron chi connectivity index (χ0n) is 13.4. The molecule has 2 aliphatic heterocycles. The summed E-state index contributed by atoms with van der Waals surface area (Å²) < 4.78 is 5.30. The standard InChI is InChI=1S/C16H25N5O2/c22-16(20-14-3-9-23-10-4-14)19-11-13-1-7-21(8-2-13)15-12-17-5-6-18-15/h5-6,12-14H,1-4,7-11H2,(H2,19,20,22). The Labute approximate surface area is 136 Å². The normalized spacial score (nSPS) is 20.3. The second kappa shape index (κ2) is 8.10. The number of nitrogens with zero attached hydrogens (tertiary/aromatic N) is 3. The Hall–Kier alpha value is -1.89. The Kier molecular flexibility index (Phi) is 5.63. The summed E-state index contributed by atoms with van der Waals surface area (Å²) in [6, 6.07) is 0.204. The van der Waals surface area contributed by atoms with Crippen molar-refractivity contribution in [1.82, 2.24) is 20.6 Å². The van der Waals surface area contributed by atoms with E-state index in [4.69, 9.17) is 4.74 Å². The summed E-state index contributed by atoms with van der Waals surface area (Å²) in [6.07, 6.45) is 9.16. The van der Waals surface area contributed by atoms with E-state index in [1.807, 2.05) is 0 Å². The molecule has 0 spiro atoms. The van der Waals surface area contributed by atoms with Crippen LogP contribution in [0.1, 0.15) is 25.7 Å². The van der Waals surface area contributed by atoms with Crippen molar-refractivity contribution in [3.05, 3.63) is 18.6 Å². The minimum atomic E-state index is -0.0479. The number of ether oxygens (including phenoxy) is 1. The summed E-state index contributed by atoms with van der Waals surface area (Å²) in [5, 5.41) is 6.05. The van der Waals surface area contributed by atoms with Gasteiger partial charge in [-0.05, 0) is 31.6 Å². The van der Waals surface area contributed by atoms with Gasteiger partial charge in [-0.25, -0.2) is 9.78 Å². The molecule has 1 aromatic heterocycles. The molecule has 1 aromatic rings. The van der Waals surface area contributed by atoms with Gasteiger partial charge >= 0.3 is 6.03 Å². The molecule has 2 saturated heterocycles. The highest BCUT2D eigenvalue weighted by Gasteiger charge is 2.21. The molecule has 126 valence electrons. The van der Waals surface area contributed by atoms with Gasteiger partial charge in [-0.2, -0.15) is 0 Å². The number of aromatic nitrogens is 2. The fraction of sp³-hybridized carbons (Fsp3) is 0.688. The first-order valence-corrected chi connectivity index (χ1v) is 8.44. The van der Waals surface area contributed by atoms with E-state index >= 15 is 0 Å². The summed E-state index contributed by atoms with van der Waals surface area (Å²) in [6.45, 7) is 4.15. The van der Waals surface area contributed by atoms with E-state index in [0.717, 1.165) is 64.3 Å². The lowest BCUT2D eigenvalue weighted by Crippen LogP contribution is -2.46. The van der Waals surface area contributed by atoms with Crippen LogP contribution < -0.4 is 15.5 Å². The minimum absolute atomic E-state index is 0.0479. The summed E-state index contributed by atoms with van der Waals surface area (Å²) in [4.78, 5) is 22.7. The van der Waals surface area contributed by atoms with Crippen molar-refractivity contribution >= 4 is 11.8 Å². The summed E-state index contributed by atoms with van der Waals surface area (Å²) in [5.74, 6) is 1.47. The molecule has 2 amide bonds. The van der Waals surface area contributed by atoms with Crippen LogP contribution in [0.25, 0.3) is 0 Å². The molecule has 2 fully saturated rings. The minimum Gasteiger partial charge on any atom is -0.381 e. The lowest BCUT2D eigenvalue weighted by molar-refractivity contribution is 0.0800. The number of piperidine rings is 1. The van der Waals surface area contributed by atoms with Crippen LogP contribution in [0.3, 0.4) is 0 Å². The molecule has 7 heteroatoms. The van der Waals surface area contributed by atoms with Crippen LogP contribution >= 0.6 is 0 Å². The zero-order valence-corrected chi connectivity index (χ0v) is 13.4. The molecule has 0 radical (unpaired) electrons. The number of anilines is 1. The van der Waals surface area contributed by atoms with Gasteiger partial charge in [-0.3, -0.25) is 4.98 Å². The maximum atomic E-state index is 11.9. The van der Waals surface area contributed by atoms with Gasteiger partial charge in [0.1, 0.15) is 5.82 Å². The van der Waals surface area contributed by atoms with Gasteiger partial charge in [0, 0.05) is 51.3 Å². The van der Waals surface area contributed by atoms with Crippen LogP contribution in [-0.2, 0) is 4.74 Å². The Morgan fingerprint density at radius 3 is 2.70 bits per heavy atom. The smallest absolute Gasteiger partial charge is 0.315 e. The Balaban J connectivity index is 1.35. The molecule has 0 bridgehead atoms. The van der Waals surface area contributed by atoms with Gasteiger partial charge < -0.3 is 20.3 Å².